The highest BCUT2D eigenvalue weighted by molar-refractivity contribution is 4.69. The highest BCUT2D eigenvalue weighted by atomic mass is 16.5. The van der Waals surface area contributed by atoms with Crippen molar-refractivity contribution in [2.75, 3.05) is 33.0 Å². The molecule has 0 aromatic heterocycles. The standard InChI is InChI=1S/C11H23NO2/c1-2-7-13-8-3-6-12-11-4-9-14-10-5-11/h11-12H,2-10H2,1H3. The second-order valence-corrected chi connectivity index (χ2v) is 3.81. The number of hydrogen-bond acceptors (Lipinski definition) is 3. The first-order chi connectivity index (χ1) is 6.93. The fraction of sp³-hybridized carbons (Fsp3) is 1.00. The average Bonchev–Trinajstić information content (AvgIpc) is 2.25. The first kappa shape index (κ1) is 12.0. The Morgan fingerprint density at radius 3 is 2.79 bits per heavy atom. The van der Waals surface area contributed by atoms with Crippen molar-refractivity contribution in [3.05, 3.63) is 0 Å². The van der Waals surface area contributed by atoms with Gasteiger partial charge in [0.15, 0.2) is 0 Å². The molecule has 1 N–H and O–H groups in total. The molecule has 1 rings (SSSR count). The van der Waals surface area contributed by atoms with Crippen LogP contribution in [0.5, 0.6) is 0 Å². The van der Waals surface area contributed by atoms with Gasteiger partial charge in [-0.2, -0.15) is 0 Å². The average molecular weight is 201 g/mol. The van der Waals surface area contributed by atoms with Crippen LogP contribution in [0.3, 0.4) is 0 Å². The number of ether oxygens (including phenoxy) is 2. The molecule has 1 aliphatic heterocycles. The van der Waals surface area contributed by atoms with Gasteiger partial charge >= 0.3 is 0 Å². The van der Waals surface area contributed by atoms with Gasteiger partial charge in [-0.05, 0) is 32.2 Å². The van der Waals surface area contributed by atoms with Crippen LogP contribution >= 0.6 is 0 Å². The summed E-state index contributed by atoms with van der Waals surface area (Å²) in [5.41, 5.74) is 0. The molecule has 0 aliphatic carbocycles. The highest BCUT2D eigenvalue weighted by Crippen LogP contribution is 2.05. The Hall–Kier alpha value is -0.120. The predicted molar refractivity (Wildman–Crippen MR) is 57.6 cm³/mol. The Balaban J connectivity index is 1.82. The van der Waals surface area contributed by atoms with Crippen LogP contribution in [0.25, 0.3) is 0 Å². The van der Waals surface area contributed by atoms with Crippen LogP contribution in [0.4, 0.5) is 0 Å². The van der Waals surface area contributed by atoms with E-state index >= 15 is 0 Å². The normalized spacial score (nSPS) is 18.6. The van der Waals surface area contributed by atoms with Gasteiger partial charge < -0.3 is 14.8 Å². The minimum absolute atomic E-state index is 0.676. The lowest BCUT2D eigenvalue weighted by atomic mass is 10.1. The van der Waals surface area contributed by atoms with E-state index in [-0.39, 0.29) is 0 Å². The lowest BCUT2D eigenvalue weighted by Gasteiger charge is -2.23. The molecular weight excluding hydrogens is 178 g/mol. The van der Waals surface area contributed by atoms with Crippen LogP contribution < -0.4 is 5.32 Å². The maximum atomic E-state index is 5.41. The van der Waals surface area contributed by atoms with E-state index in [1.165, 1.54) is 0 Å². The van der Waals surface area contributed by atoms with Crippen molar-refractivity contribution in [3.63, 3.8) is 0 Å². The molecule has 1 heterocycles. The van der Waals surface area contributed by atoms with E-state index in [2.05, 4.69) is 12.2 Å². The second-order valence-electron chi connectivity index (χ2n) is 3.81. The zero-order valence-corrected chi connectivity index (χ0v) is 9.26. The second kappa shape index (κ2) is 8.21. The summed E-state index contributed by atoms with van der Waals surface area (Å²) in [5.74, 6) is 0. The van der Waals surface area contributed by atoms with E-state index in [4.69, 9.17) is 9.47 Å². The van der Waals surface area contributed by atoms with E-state index < -0.39 is 0 Å². The van der Waals surface area contributed by atoms with Crippen molar-refractivity contribution >= 4 is 0 Å². The van der Waals surface area contributed by atoms with Crippen LogP contribution in [0.2, 0.25) is 0 Å². The Morgan fingerprint density at radius 2 is 2.07 bits per heavy atom. The van der Waals surface area contributed by atoms with Gasteiger partial charge in [-0.15, -0.1) is 0 Å². The molecule has 0 amide bonds. The summed E-state index contributed by atoms with van der Waals surface area (Å²) in [4.78, 5) is 0. The molecule has 14 heavy (non-hydrogen) atoms. The summed E-state index contributed by atoms with van der Waals surface area (Å²) in [6.45, 7) is 6.85. The minimum Gasteiger partial charge on any atom is -0.381 e. The molecule has 1 saturated heterocycles. The number of hydrogen-bond donors (Lipinski definition) is 1. The Bertz CT molecular complexity index is 124. The molecule has 1 fully saturated rings. The van der Waals surface area contributed by atoms with E-state index in [1.54, 1.807) is 0 Å². The van der Waals surface area contributed by atoms with Gasteiger partial charge in [0.2, 0.25) is 0 Å². The molecule has 84 valence electrons. The molecule has 1 aliphatic rings. The third-order valence-electron chi connectivity index (χ3n) is 2.47. The van der Waals surface area contributed by atoms with Crippen LogP contribution in [-0.4, -0.2) is 39.0 Å². The van der Waals surface area contributed by atoms with Gasteiger partial charge in [0, 0.05) is 32.5 Å². The smallest absolute Gasteiger partial charge is 0.0480 e. The highest BCUT2D eigenvalue weighted by Gasteiger charge is 2.11. The molecule has 3 heteroatoms. The number of rotatable bonds is 7. The van der Waals surface area contributed by atoms with E-state index in [1.807, 2.05) is 0 Å². The Kier molecular flexibility index (Phi) is 7.01. The summed E-state index contributed by atoms with van der Waals surface area (Å²) < 4.78 is 10.7. The van der Waals surface area contributed by atoms with E-state index in [0.29, 0.717) is 6.04 Å². The fourth-order valence-electron chi connectivity index (χ4n) is 1.63. The SMILES string of the molecule is CCCOCCCNC1CCOCC1. The van der Waals surface area contributed by atoms with Gasteiger partial charge in [0.1, 0.15) is 0 Å². The zero-order chi connectivity index (χ0) is 10.1. The van der Waals surface area contributed by atoms with Gasteiger partial charge in [-0.1, -0.05) is 6.92 Å². The van der Waals surface area contributed by atoms with Crippen molar-refractivity contribution < 1.29 is 9.47 Å². The van der Waals surface area contributed by atoms with Crippen LogP contribution in [0.15, 0.2) is 0 Å². The van der Waals surface area contributed by atoms with Gasteiger partial charge in [-0.25, -0.2) is 0 Å². The molecule has 3 nitrogen and oxygen atoms in total. The largest absolute Gasteiger partial charge is 0.381 e. The summed E-state index contributed by atoms with van der Waals surface area (Å²) in [6.07, 6.45) is 4.57. The van der Waals surface area contributed by atoms with Crippen molar-refractivity contribution in [2.45, 2.75) is 38.6 Å². The zero-order valence-electron chi connectivity index (χ0n) is 9.26. The predicted octanol–water partition coefficient (Wildman–Crippen LogP) is 1.57. The molecule has 0 bridgehead atoms. The molecule has 0 spiro atoms. The molecule has 0 aromatic rings. The first-order valence-electron chi connectivity index (χ1n) is 5.82. The van der Waals surface area contributed by atoms with E-state index in [0.717, 1.165) is 58.7 Å². The maximum absolute atomic E-state index is 5.41. The van der Waals surface area contributed by atoms with Crippen molar-refractivity contribution in [2.24, 2.45) is 0 Å². The third-order valence-corrected chi connectivity index (χ3v) is 2.47. The monoisotopic (exact) mass is 201 g/mol. The number of nitrogens with one attached hydrogen (secondary N) is 1. The topological polar surface area (TPSA) is 30.5 Å². The van der Waals surface area contributed by atoms with Crippen molar-refractivity contribution in [3.8, 4) is 0 Å². The van der Waals surface area contributed by atoms with Crippen molar-refractivity contribution in [1.82, 2.24) is 5.32 Å². The summed E-state index contributed by atoms with van der Waals surface area (Å²) in [5, 5.41) is 3.54. The maximum Gasteiger partial charge on any atom is 0.0480 e. The fourth-order valence-corrected chi connectivity index (χ4v) is 1.63. The summed E-state index contributed by atoms with van der Waals surface area (Å²) in [6, 6.07) is 0.676. The van der Waals surface area contributed by atoms with Crippen molar-refractivity contribution in [1.29, 1.82) is 0 Å². The minimum atomic E-state index is 0.676. The molecule has 0 atom stereocenters. The third kappa shape index (κ3) is 5.58. The lowest BCUT2D eigenvalue weighted by Crippen LogP contribution is -2.35. The molecule has 0 unspecified atom stereocenters. The van der Waals surface area contributed by atoms with Gasteiger partial charge in [0.25, 0.3) is 0 Å². The summed E-state index contributed by atoms with van der Waals surface area (Å²) in [7, 11) is 0. The Morgan fingerprint density at radius 1 is 1.29 bits per heavy atom. The lowest BCUT2D eigenvalue weighted by molar-refractivity contribution is 0.0765. The molecule has 0 saturated carbocycles. The first-order valence-corrected chi connectivity index (χ1v) is 5.82. The summed E-state index contributed by atoms with van der Waals surface area (Å²) >= 11 is 0. The van der Waals surface area contributed by atoms with E-state index in [9.17, 15) is 0 Å². The van der Waals surface area contributed by atoms with Crippen LogP contribution in [-0.2, 0) is 9.47 Å². The Labute approximate surface area is 87.2 Å². The quantitative estimate of drug-likeness (QED) is 0.634. The molecule has 0 aromatic carbocycles. The van der Waals surface area contributed by atoms with Gasteiger partial charge in [0.05, 0.1) is 0 Å². The molecule has 0 radical (unpaired) electrons. The molecular formula is C11H23NO2. The van der Waals surface area contributed by atoms with Gasteiger partial charge in [-0.3, -0.25) is 0 Å². The van der Waals surface area contributed by atoms with Crippen LogP contribution in [0.1, 0.15) is 32.6 Å². The van der Waals surface area contributed by atoms with Crippen LogP contribution in [0, 0.1) is 0 Å².